The van der Waals surface area contributed by atoms with Gasteiger partial charge in [-0.05, 0) is 45.1 Å². The first-order valence-corrected chi connectivity index (χ1v) is 7.69. The van der Waals surface area contributed by atoms with Crippen molar-refractivity contribution < 1.29 is 5.21 Å². The molecular weight excluding hydrogens is 238 g/mol. The number of nitrogens with one attached hydrogen (secondary N) is 1. The fourth-order valence-corrected chi connectivity index (χ4v) is 2.92. The molecule has 0 bridgehead atoms. The lowest BCUT2D eigenvalue weighted by molar-refractivity contribution is 0.277. The van der Waals surface area contributed by atoms with Gasteiger partial charge in [0.25, 0.3) is 0 Å². The predicted molar refractivity (Wildman–Crippen MR) is 80.5 cm³/mol. The Labute approximate surface area is 117 Å². The maximum atomic E-state index is 8.73. The van der Waals surface area contributed by atoms with Crippen LogP contribution in [0.4, 0.5) is 0 Å². The minimum Gasteiger partial charge on any atom is -0.409 e. The summed E-state index contributed by atoms with van der Waals surface area (Å²) < 4.78 is 0. The monoisotopic (exact) mass is 269 g/mol. The van der Waals surface area contributed by atoms with Crippen LogP contribution in [-0.2, 0) is 0 Å². The second-order valence-electron chi connectivity index (χ2n) is 6.61. The Bertz CT molecular complexity index is 283. The Balaban J connectivity index is 2.19. The quantitative estimate of drug-likeness (QED) is 0.219. The Morgan fingerprint density at radius 3 is 2.58 bits per heavy atom. The average molecular weight is 269 g/mol. The van der Waals surface area contributed by atoms with Crippen LogP contribution >= 0.6 is 0 Å². The Morgan fingerprint density at radius 2 is 2.00 bits per heavy atom. The summed E-state index contributed by atoms with van der Waals surface area (Å²) >= 11 is 0. The highest BCUT2D eigenvalue weighted by Gasteiger charge is 2.23. The van der Waals surface area contributed by atoms with Crippen molar-refractivity contribution in [3.05, 3.63) is 0 Å². The molecule has 4 N–H and O–H groups in total. The third kappa shape index (κ3) is 5.39. The first-order chi connectivity index (χ1) is 8.97. The lowest BCUT2D eigenvalue weighted by Crippen LogP contribution is -2.36. The van der Waals surface area contributed by atoms with E-state index in [1.54, 1.807) is 0 Å². The molecule has 1 rings (SSSR count). The van der Waals surface area contributed by atoms with Gasteiger partial charge in [-0.15, -0.1) is 0 Å². The average Bonchev–Trinajstić information content (AvgIpc) is 2.43. The van der Waals surface area contributed by atoms with Crippen LogP contribution in [0, 0.1) is 11.3 Å². The first kappa shape index (κ1) is 16.3. The predicted octanol–water partition coefficient (Wildman–Crippen LogP) is 3.10. The van der Waals surface area contributed by atoms with Crippen LogP contribution in [0.5, 0.6) is 0 Å². The second-order valence-corrected chi connectivity index (χ2v) is 6.61. The molecule has 0 saturated heterocycles. The normalized spacial score (nSPS) is 20.5. The van der Waals surface area contributed by atoms with E-state index in [-0.39, 0.29) is 5.41 Å². The van der Waals surface area contributed by atoms with Gasteiger partial charge in [0.2, 0.25) is 0 Å². The maximum Gasteiger partial charge on any atom is 0.144 e. The molecule has 0 aliphatic heterocycles. The van der Waals surface area contributed by atoms with Crippen molar-refractivity contribution in [3.8, 4) is 0 Å². The number of nitrogens with two attached hydrogens (primary N) is 1. The van der Waals surface area contributed by atoms with Crippen LogP contribution in [0.25, 0.3) is 0 Å². The molecule has 1 aliphatic carbocycles. The minimum atomic E-state index is -0.218. The highest BCUT2D eigenvalue weighted by molar-refractivity contribution is 5.85. The summed E-state index contributed by atoms with van der Waals surface area (Å²) in [6.07, 6.45) is 8.96. The number of nitrogens with zero attached hydrogens (tertiary/aromatic N) is 1. The molecule has 1 saturated carbocycles. The largest absolute Gasteiger partial charge is 0.409 e. The number of amidine groups is 1. The van der Waals surface area contributed by atoms with E-state index in [9.17, 15) is 0 Å². The van der Waals surface area contributed by atoms with Gasteiger partial charge in [-0.1, -0.05) is 38.3 Å². The Hall–Kier alpha value is -0.770. The van der Waals surface area contributed by atoms with Crippen molar-refractivity contribution in [2.75, 3.05) is 6.54 Å². The van der Waals surface area contributed by atoms with E-state index >= 15 is 0 Å². The summed E-state index contributed by atoms with van der Waals surface area (Å²) in [6, 6.07) is 0.618. The smallest absolute Gasteiger partial charge is 0.144 e. The zero-order valence-corrected chi connectivity index (χ0v) is 12.8. The van der Waals surface area contributed by atoms with Crippen molar-refractivity contribution in [2.24, 2.45) is 22.2 Å². The highest BCUT2D eigenvalue weighted by atomic mass is 16.4. The molecule has 0 aromatic heterocycles. The second kappa shape index (κ2) is 7.73. The van der Waals surface area contributed by atoms with Gasteiger partial charge in [-0.3, -0.25) is 0 Å². The third-order valence-corrected chi connectivity index (χ3v) is 4.60. The number of rotatable bonds is 7. The summed E-state index contributed by atoms with van der Waals surface area (Å²) in [5, 5.41) is 15.5. The van der Waals surface area contributed by atoms with Crippen molar-refractivity contribution in [1.82, 2.24) is 5.32 Å². The number of hydrogen-bond donors (Lipinski definition) is 3. The molecule has 0 amide bonds. The molecule has 4 heteroatoms. The number of hydrogen-bond acceptors (Lipinski definition) is 3. The summed E-state index contributed by atoms with van der Waals surface area (Å²) in [5.74, 6) is 1.18. The molecule has 112 valence electrons. The van der Waals surface area contributed by atoms with Gasteiger partial charge in [0, 0.05) is 11.5 Å². The SMILES string of the molecule is C[C@H](NCCCC(C)(C)C(N)=NO)C1CCCCC1. The van der Waals surface area contributed by atoms with E-state index in [2.05, 4.69) is 17.4 Å². The molecule has 1 aliphatic rings. The van der Waals surface area contributed by atoms with Crippen LogP contribution < -0.4 is 11.1 Å². The molecule has 4 nitrogen and oxygen atoms in total. The van der Waals surface area contributed by atoms with Crippen LogP contribution in [0.15, 0.2) is 5.16 Å². The lowest BCUT2D eigenvalue weighted by atomic mass is 9.84. The molecule has 1 fully saturated rings. The van der Waals surface area contributed by atoms with Gasteiger partial charge in [0.1, 0.15) is 5.84 Å². The lowest BCUT2D eigenvalue weighted by Gasteiger charge is -2.29. The minimum absolute atomic E-state index is 0.218. The molecule has 0 unspecified atom stereocenters. The van der Waals surface area contributed by atoms with Crippen LogP contribution in [0.2, 0.25) is 0 Å². The van der Waals surface area contributed by atoms with Gasteiger partial charge in [-0.2, -0.15) is 0 Å². The molecule has 0 radical (unpaired) electrons. The van der Waals surface area contributed by atoms with Crippen molar-refractivity contribution >= 4 is 5.84 Å². The van der Waals surface area contributed by atoms with Gasteiger partial charge in [0.15, 0.2) is 0 Å². The summed E-state index contributed by atoms with van der Waals surface area (Å²) in [4.78, 5) is 0. The van der Waals surface area contributed by atoms with E-state index in [1.807, 2.05) is 13.8 Å². The zero-order chi connectivity index (χ0) is 14.3. The van der Waals surface area contributed by atoms with Crippen molar-refractivity contribution in [1.29, 1.82) is 0 Å². The first-order valence-electron chi connectivity index (χ1n) is 7.69. The molecule has 1 atom stereocenters. The van der Waals surface area contributed by atoms with E-state index in [0.29, 0.717) is 11.9 Å². The van der Waals surface area contributed by atoms with Crippen LogP contribution in [-0.4, -0.2) is 23.6 Å². The van der Waals surface area contributed by atoms with E-state index in [0.717, 1.165) is 25.3 Å². The molecule has 0 heterocycles. The van der Waals surface area contributed by atoms with E-state index < -0.39 is 0 Å². The standard InChI is InChI=1S/C15H31N3O/c1-12(13-8-5-4-6-9-13)17-11-7-10-15(2,3)14(16)18-19/h12-13,17,19H,4-11H2,1-3H3,(H2,16,18)/t12-/m0/s1. The van der Waals surface area contributed by atoms with Gasteiger partial charge < -0.3 is 16.3 Å². The molecule has 0 aromatic carbocycles. The Kier molecular flexibility index (Phi) is 6.63. The summed E-state index contributed by atoms with van der Waals surface area (Å²) in [6.45, 7) is 7.36. The maximum absolute atomic E-state index is 8.73. The fourth-order valence-electron chi connectivity index (χ4n) is 2.92. The fraction of sp³-hybridized carbons (Fsp3) is 0.933. The molecular formula is C15H31N3O. The molecule has 19 heavy (non-hydrogen) atoms. The van der Waals surface area contributed by atoms with Crippen LogP contribution in [0.1, 0.15) is 65.7 Å². The van der Waals surface area contributed by atoms with Crippen molar-refractivity contribution in [3.63, 3.8) is 0 Å². The highest BCUT2D eigenvalue weighted by Crippen LogP contribution is 2.26. The van der Waals surface area contributed by atoms with Gasteiger partial charge >= 0.3 is 0 Å². The molecule has 0 spiro atoms. The Morgan fingerprint density at radius 1 is 1.37 bits per heavy atom. The number of oxime groups is 1. The van der Waals surface area contributed by atoms with Gasteiger partial charge in [0.05, 0.1) is 0 Å². The van der Waals surface area contributed by atoms with E-state index in [4.69, 9.17) is 10.9 Å². The topological polar surface area (TPSA) is 70.6 Å². The summed E-state index contributed by atoms with van der Waals surface area (Å²) in [7, 11) is 0. The van der Waals surface area contributed by atoms with Crippen molar-refractivity contribution in [2.45, 2.75) is 71.8 Å². The van der Waals surface area contributed by atoms with Crippen LogP contribution in [0.3, 0.4) is 0 Å². The third-order valence-electron chi connectivity index (χ3n) is 4.60. The zero-order valence-electron chi connectivity index (χ0n) is 12.8. The molecule has 0 aromatic rings. The van der Waals surface area contributed by atoms with E-state index in [1.165, 1.54) is 32.1 Å². The summed E-state index contributed by atoms with van der Waals surface area (Å²) in [5.41, 5.74) is 5.47. The van der Waals surface area contributed by atoms with Gasteiger partial charge in [-0.25, -0.2) is 0 Å².